The zero-order valence-corrected chi connectivity index (χ0v) is 11.1. The van der Waals surface area contributed by atoms with Gasteiger partial charge >= 0.3 is 5.97 Å². The van der Waals surface area contributed by atoms with Gasteiger partial charge in [-0.15, -0.1) is 11.3 Å². The van der Waals surface area contributed by atoms with E-state index < -0.39 is 17.9 Å². The number of nitrogens with zero attached hydrogens (tertiary/aromatic N) is 1. The van der Waals surface area contributed by atoms with Crippen molar-refractivity contribution in [2.45, 2.75) is 13.0 Å². The van der Waals surface area contributed by atoms with Gasteiger partial charge in [-0.25, -0.2) is 4.79 Å². The Balaban J connectivity index is 2.70. The van der Waals surface area contributed by atoms with E-state index in [0.717, 1.165) is 11.3 Å². The van der Waals surface area contributed by atoms with Crippen LogP contribution >= 0.6 is 11.3 Å². The van der Waals surface area contributed by atoms with Crippen LogP contribution in [-0.4, -0.2) is 47.9 Å². The molecule has 1 rings (SSSR count). The summed E-state index contributed by atoms with van der Waals surface area (Å²) in [5.41, 5.74) is 0. The summed E-state index contributed by atoms with van der Waals surface area (Å²) < 4.78 is 0. The first-order chi connectivity index (χ1) is 8.32. The number of hydrogen-bond donors (Lipinski definition) is 2. The van der Waals surface area contributed by atoms with Gasteiger partial charge in [0.15, 0.2) is 0 Å². The lowest BCUT2D eigenvalue weighted by Crippen LogP contribution is -2.44. The first-order valence-electron chi connectivity index (χ1n) is 5.18. The molecule has 1 aromatic heterocycles. The normalized spacial score (nSPS) is 11.7. The molecule has 98 valence electrons. The maximum absolute atomic E-state index is 11.8. The molecule has 2 amide bonds. The lowest BCUT2D eigenvalue weighted by Gasteiger charge is -2.17. The Morgan fingerprint density at radius 1 is 1.28 bits per heavy atom. The van der Waals surface area contributed by atoms with Gasteiger partial charge in [-0.2, -0.15) is 0 Å². The Hall–Kier alpha value is -1.89. The highest BCUT2D eigenvalue weighted by Gasteiger charge is 2.19. The van der Waals surface area contributed by atoms with Crippen molar-refractivity contribution in [3.05, 3.63) is 21.9 Å². The van der Waals surface area contributed by atoms with Crippen molar-refractivity contribution < 1.29 is 19.5 Å². The number of rotatable bonds is 4. The Morgan fingerprint density at radius 2 is 1.83 bits per heavy atom. The Morgan fingerprint density at radius 3 is 2.28 bits per heavy atom. The topological polar surface area (TPSA) is 86.7 Å². The van der Waals surface area contributed by atoms with Crippen LogP contribution in [0.5, 0.6) is 0 Å². The van der Waals surface area contributed by atoms with Gasteiger partial charge in [0.2, 0.25) is 5.91 Å². The van der Waals surface area contributed by atoms with Crippen molar-refractivity contribution >= 4 is 29.1 Å². The molecule has 0 aromatic carbocycles. The zero-order chi connectivity index (χ0) is 13.9. The largest absolute Gasteiger partial charge is 0.477 e. The number of amides is 2. The Labute approximate surface area is 108 Å². The molecule has 0 spiro atoms. The molecule has 1 atom stereocenters. The molecule has 0 radical (unpaired) electrons. The lowest BCUT2D eigenvalue weighted by molar-refractivity contribution is -0.130. The highest BCUT2D eigenvalue weighted by atomic mass is 32.1. The molecule has 0 aliphatic rings. The van der Waals surface area contributed by atoms with Crippen LogP contribution in [0, 0.1) is 0 Å². The van der Waals surface area contributed by atoms with Gasteiger partial charge in [-0.05, 0) is 19.1 Å². The summed E-state index contributed by atoms with van der Waals surface area (Å²) in [6.07, 6.45) is 0. The van der Waals surface area contributed by atoms with Crippen molar-refractivity contribution in [2.75, 3.05) is 14.1 Å². The highest BCUT2D eigenvalue weighted by molar-refractivity contribution is 7.15. The third-order valence-corrected chi connectivity index (χ3v) is 3.27. The molecule has 0 aliphatic carbocycles. The summed E-state index contributed by atoms with van der Waals surface area (Å²) in [7, 11) is 3.19. The summed E-state index contributed by atoms with van der Waals surface area (Å²) in [6.45, 7) is 1.58. The van der Waals surface area contributed by atoms with Crippen LogP contribution in [0.1, 0.15) is 26.3 Å². The van der Waals surface area contributed by atoms with Crippen LogP contribution in [-0.2, 0) is 4.79 Å². The van der Waals surface area contributed by atoms with E-state index in [0.29, 0.717) is 0 Å². The number of likely N-dealkylation sites (N-methyl/N-ethyl adjacent to an activating group) is 1. The number of carbonyl (C=O) groups is 3. The van der Waals surface area contributed by atoms with Crippen LogP contribution in [0.25, 0.3) is 0 Å². The minimum Gasteiger partial charge on any atom is -0.477 e. The Bertz CT molecular complexity index is 481. The van der Waals surface area contributed by atoms with Gasteiger partial charge in [-0.3, -0.25) is 9.59 Å². The molecule has 18 heavy (non-hydrogen) atoms. The fourth-order valence-electron chi connectivity index (χ4n) is 1.29. The predicted molar refractivity (Wildman–Crippen MR) is 66.9 cm³/mol. The maximum Gasteiger partial charge on any atom is 0.345 e. The SMILES string of the molecule is CC(NC(=O)c1ccc(C(=O)O)s1)C(=O)N(C)C. The van der Waals surface area contributed by atoms with Crippen LogP contribution in [0.4, 0.5) is 0 Å². The van der Waals surface area contributed by atoms with E-state index in [1.807, 2.05) is 0 Å². The Kier molecular flexibility index (Phi) is 4.43. The van der Waals surface area contributed by atoms with Crippen molar-refractivity contribution in [1.82, 2.24) is 10.2 Å². The van der Waals surface area contributed by atoms with Gasteiger partial charge in [0.1, 0.15) is 10.9 Å². The second kappa shape index (κ2) is 5.63. The number of carbonyl (C=O) groups excluding carboxylic acids is 2. The number of aromatic carboxylic acids is 1. The molecule has 0 saturated carbocycles. The second-order valence-corrected chi connectivity index (χ2v) is 4.98. The van der Waals surface area contributed by atoms with Crippen LogP contribution in [0.15, 0.2) is 12.1 Å². The molecule has 0 saturated heterocycles. The van der Waals surface area contributed by atoms with E-state index in [2.05, 4.69) is 5.32 Å². The standard InChI is InChI=1S/C11H14N2O4S/c1-6(10(15)13(2)3)12-9(14)7-4-5-8(18-7)11(16)17/h4-6H,1-3H3,(H,12,14)(H,16,17). The van der Waals surface area contributed by atoms with Crippen LogP contribution in [0.3, 0.4) is 0 Å². The van der Waals surface area contributed by atoms with Crippen LogP contribution in [0.2, 0.25) is 0 Å². The maximum atomic E-state index is 11.8. The average Bonchev–Trinajstić information content (AvgIpc) is 2.76. The summed E-state index contributed by atoms with van der Waals surface area (Å²) >= 11 is 0.875. The van der Waals surface area contributed by atoms with E-state index >= 15 is 0 Å². The molecule has 1 unspecified atom stereocenters. The van der Waals surface area contributed by atoms with E-state index in [1.165, 1.54) is 17.0 Å². The first-order valence-corrected chi connectivity index (χ1v) is 5.99. The van der Waals surface area contributed by atoms with E-state index in [-0.39, 0.29) is 15.7 Å². The predicted octanol–water partition coefficient (Wildman–Crippen LogP) is 0.653. The molecule has 1 aromatic rings. The zero-order valence-electron chi connectivity index (χ0n) is 10.3. The molecule has 6 nitrogen and oxygen atoms in total. The van der Waals surface area contributed by atoms with Gasteiger partial charge in [0.25, 0.3) is 5.91 Å². The van der Waals surface area contributed by atoms with Crippen molar-refractivity contribution in [3.8, 4) is 0 Å². The van der Waals surface area contributed by atoms with Gasteiger partial charge < -0.3 is 15.3 Å². The lowest BCUT2D eigenvalue weighted by atomic mass is 10.3. The minimum atomic E-state index is -1.07. The average molecular weight is 270 g/mol. The monoisotopic (exact) mass is 270 g/mol. The number of hydrogen-bond acceptors (Lipinski definition) is 4. The third kappa shape index (κ3) is 3.30. The second-order valence-electron chi connectivity index (χ2n) is 3.90. The molecule has 7 heteroatoms. The minimum absolute atomic E-state index is 0.0896. The third-order valence-electron chi connectivity index (χ3n) is 2.20. The molecule has 1 heterocycles. The fraction of sp³-hybridized carbons (Fsp3) is 0.364. The number of nitrogens with one attached hydrogen (secondary N) is 1. The summed E-state index contributed by atoms with van der Waals surface area (Å²) in [4.78, 5) is 35.7. The summed E-state index contributed by atoms with van der Waals surface area (Å²) in [5.74, 6) is -1.75. The summed E-state index contributed by atoms with van der Waals surface area (Å²) in [5, 5.41) is 11.3. The highest BCUT2D eigenvalue weighted by Crippen LogP contribution is 2.16. The van der Waals surface area contributed by atoms with Crippen molar-refractivity contribution in [2.24, 2.45) is 0 Å². The van der Waals surface area contributed by atoms with Crippen molar-refractivity contribution in [1.29, 1.82) is 0 Å². The molecular formula is C11H14N2O4S. The molecule has 0 bridgehead atoms. The number of carboxylic acid groups (broad SMARTS) is 1. The molecular weight excluding hydrogens is 256 g/mol. The number of carboxylic acids is 1. The van der Waals surface area contributed by atoms with Crippen LogP contribution < -0.4 is 5.32 Å². The molecule has 0 aliphatic heterocycles. The molecule has 2 N–H and O–H groups in total. The fourth-order valence-corrected chi connectivity index (χ4v) is 2.04. The summed E-state index contributed by atoms with van der Waals surface area (Å²) in [6, 6.07) is 2.14. The van der Waals surface area contributed by atoms with Gasteiger partial charge in [0, 0.05) is 14.1 Å². The van der Waals surface area contributed by atoms with E-state index in [1.54, 1.807) is 21.0 Å². The quantitative estimate of drug-likeness (QED) is 0.841. The van der Waals surface area contributed by atoms with E-state index in [4.69, 9.17) is 5.11 Å². The van der Waals surface area contributed by atoms with Gasteiger partial charge in [-0.1, -0.05) is 0 Å². The first kappa shape index (κ1) is 14.2. The van der Waals surface area contributed by atoms with Gasteiger partial charge in [0.05, 0.1) is 4.88 Å². The van der Waals surface area contributed by atoms with Crippen molar-refractivity contribution in [3.63, 3.8) is 0 Å². The van der Waals surface area contributed by atoms with E-state index in [9.17, 15) is 14.4 Å². The molecule has 0 fully saturated rings. The number of thiophene rings is 1. The smallest absolute Gasteiger partial charge is 0.345 e.